The first-order chi connectivity index (χ1) is 9.74. The number of para-hydroxylation sites is 2. The molecule has 104 valence electrons. The smallest absolute Gasteiger partial charge is 0.128 e. The lowest BCUT2D eigenvalue weighted by atomic mass is 10.2. The van der Waals surface area contributed by atoms with Crippen molar-refractivity contribution in [1.82, 2.24) is 4.98 Å². The SMILES string of the molecule is Cc1cccc(N2CCN(c3ccccc3N)CC2)n1. The number of nitrogens with two attached hydrogens (primary N) is 1. The van der Waals surface area contributed by atoms with Crippen molar-refractivity contribution in [1.29, 1.82) is 0 Å². The van der Waals surface area contributed by atoms with E-state index >= 15 is 0 Å². The van der Waals surface area contributed by atoms with E-state index in [9.17, 15) is 0 Å². The predicted molar refractivity (Wildman–Crippen MR) is 84.3 cm³/mol. The highest BCUT2D eigenvalue weighted by atomic mass is 15.3. The fourth-order valence-electron chi connectivity index (χ4n) is 2.66. The molecule has 2 N–H and O–H groups in total. The highest BCUT2D eigenvalue weighted by Gasteiger charge is 2.19. The molecule has 1 aromatic heterocycles. The molecule has 0 radical (unpaired) electrons. The van der Waals surface area contributed by atoms with Gasteiger partial charge in [-0.15, -0.1) is 0 Å². The molecule has 0 aliphatic carbocycles. The Labute approximate surface area is 119 Å². The van der Waals surface area contributed by atoms with Crippen LogP contribution in [0, 0.1) is 6.92 Å². The van der Waals surface area contributed by atoms with E-state index in [1.807, 2.05) is 31.2 Å². The highest BCUT2D eigenvalue weighted by Crippen LogP contribution is 2.24. The molecule has 0 atom stereocenters. The van der Waals surface area contributed by atoms with Gasteiger partial charge in [0.1, 0.15) is 5.82 Å². The minimum absolute atomic E-state index is 0.856. The average molecular weight is 268 g/mol. The summed E-state index contributed by atoms with van der Waals surface area (Å²) in [7, 11) is 0. The second-order valence-electron chi connectivity index (χ2n) is 5.17. The van der Waals surface area contributed by atoms with Gasteiger partial charge >= 0.3 is 0 Å². The topological polar surface area (TPSA) is 45.4 Å². The highest BCUT2D eigenvalue weighted by molar-refractivity contribution is 5.67. The summed E-state index contributed by atoms with van der Waals surface area (Å²) >= 11 is 0. The number of aromatic nitrogens is 1. The van der Waals surface area contributed by atoms with Crippen LogP contribution >= 0.6 is 0 Å². The molecule has 4 nitrogen and oxygen atoms in total. The Morgan fingerprint density at radius 3 is 2.30 bits per heavy atom. The summed E-state index contributed by atoms with van der Waals surface area (Å²) in [6.07, 6.45) is 0. The van der Waals surface area contributed by atoms with Gasteiger partial charge in [-0.1, -0.05) is 18.2 Å². The normalized spacial score (nSPS) is 15.4. The van der Waals surface area contributed by atoms with E-state index in [0.29, 0.717) is 0 Å². The molecule has 0 unspecified atom stereocenters. The number of hydrogen-bond donors (Lipinski definition) is 1. The molecule has 1 aromatic carbocycles. The van der Waals surface area contributed by atoms with E-state index in [2.05, 4.69) is 33.0 Å². The molecule has 1 fully saturated rings. The van der Waals surface area contributed by atoms with Crippen molar-refractivity contribution in [3.8, 4) is 0 Å². The number of hydrogen-bond acceptors (Lipinski definition) is 4. The molecule has 0 spiro atoms. The zero-order chi connectivity index (χ0) is 13.9. The number of anilines is 3. The van der Waals surface area contributed by atoms with E-state index < -0.39 is 0 Å². The van der Waals surface area contributed by atoms with Crippen LogP contribution in [-0.2, 0) is 0 Å². The quantitative estimate of drug-likeness (QED) is 0.849. The average Bonchev–Trinajstić information content (AvgIpc) is 2.48. The Kier molecular flexibility index (Phi) is 3.46. The maximum absolute atomic E-state index is 6.05. The zero-order valence-corrected chi connectivity index (χ0v) is 11.8. The first-order valence-electron chi connectivity index (χ1n) is 7.02. The van der Waals surface area contributed by atoms with Gasteiger partial charge in [-0.2, -0.15) is 0 Å². The van der Waals surface area contributed by atoms with Gasteiger partial charge in [-0.05, 0) is 31.2 Å². The van der Waals surface area contributed by atoms with E-state index in [-0.39, 0.29) is 0 Å². The van der Waals surface area contributed by atoms with Crippen molar-refractivity contribution in [2.24, 2.45) is 0 Å². The van der Waals surface area contributed by atoms with Gasteiger partial charge in [0.15, 0.2) is 0 Å². The van der Waals surface area contributed by atoms with Gasteiger partial charge in [0, 0.05) is 31.9 Å². The van der Waals surface area contributed by atoms with Crippen LogP contribution in [0.15, 0.2) is 42.5 Å². The maximum atomic E-state index is 6.05. The Morgan fingerprint density at radius 1 is 0.900 bits per heavy atom. The zero-order valence-electron chi connectivity index (χ0n) is 11.8. The molecule has 4 heteroatoms. The first-order valence-corrected chi connectivity index (χ1v) is 7.02. The van der Waals surface area contributed by atoms with Crippen LogP contribution in [0.25, 0.3) is 0 Å². The Hall–Kier alpha value is -2.23. The third-order valence-electron chi connectivity index (χ3n) is 3.75. The Bertz CT molecular complexity index is 589. The third kappa shape index (κ3) is 2.54. The maximum Gasteiger partial charge on any atom is 0.128 e. The van der Waals surface area contributed by atoms with Crippen molar-refractivity contribution in [2.45, 2.75) is 6.92 Å². The van der Waals surface area contributed by atoms with Gasteiger partial charge in [0.2, 0.25) is 0 Å². The molecule has 1 aliphatic heterocycles. The molecule has 1 saturated heterocycles. The van der Waals surface area contributed by atoms with Crippen LogP contribution < -0.4 is 15.5 Å². The molecular weight excluding hydrogens is 248 g/mol. The number of rotatable bonds is 2. The Balaban J connectivity index is 1.70. The van der Waals surface area contributed by atoms with E-state index in [4.69, 9.17) is 5.73 Å². The lowest BCUT2D eigenvalue weighted by molar-refractivity contribution is 0.647. The van der Waals surface area contributed by atoms with E-state index in [0.717, 1.165) is 49.1 Å². The number of pyridine rings is 1. The summed E-state index contributed by atoms with van der Waals surface area (Å²) in [5.41, 5.74) is 9.12. The molecule has 0 saturated carbocycles. The van der Waals surface area contributed by atoms with Crippen LogP contribution in [-0.4, -0.2) is 31.2 Å². The summed E-state index contributed by atoms with van der Waals surface area (Å²) in [5, 5.41) is 0. The molecule has 2 aromatic rings. The lowest BCUT2D eigenvalue weighted by Crippen LogP contribution is -2.47. The Morgan fingerprint density at radius 2 is 1.60 bits per heavy atom. The monoisotopic (exact) mass is 268 g/mol. The van der Waals surface area contributed by atoms with Crippen molar-refractivity contribution < 1.29 is 0 Å². The summed E-state index contributed by atoms with van der Waals surface area (Å²) in [6.45, 7) is 5.94. The number of nitrogen functional groups attached to an aromatic ring is 1. The number of aryl methyl sites for hydroxylation is 1. The summed E-state index contributed by atoms with van der Waals surface area (Å²) < 4.78 is 0. The fraction of sp³-hybridized carbons (Fsp3) is 0.312. The van der Waals surface area contributed by atoms with E-state index in [1.165, 1.54) is 0 Å². The van der Waals surface area contributed by atoms with Gasteiger partial charge in [-0.25, -0.2) is 4.98 Å². The minimum Gasteiger partial charge on any atom is -0.397 e. The summed E-state index contributed by atoms with van der Waals surface area (Å²) in [5.74, 6) is 1.07. The van der Waals surface area contributed by atoms with Gasteiger partial charge in [-0.3, -0.25) is 0 Å². The van der Waals surface area contributed by atoms with Crippen LogP contribution in [0.3, 0.4) is 0 Å². The fourth-order valence-corrected chi connectivity index (χ4v) is 2.66. The predicted octanol–water partition coefficient (Wildman–Crippen LogP) is 2.30. The first kappa shape index (κ1) is 12.8. The van der Waals surface area contributed by atoms with E-state index in [1.54, 1.807) is 0 Å². The molecule has 2 heterocycles. The van der Waals surface area contributed by atoms with Crippen molar-refractivity contribution in [3.05, 3.63) is 48.2 Å². The van der Waals surface area contributed by atoms with Crippen LogP contribution in [0.5, 0.6) is 0 Å². The number of piperazine rings is 1. The molecule has 3 rings (SSSR count). The van der Waals surface area contributed by atoms with Crippen LogP contribution in [0.1, 0.15) is 5.69 Å². The lowest BCUT2D eigenvalue weighted by Gasteiger charge is -2.37. The number of benzene rings is 1. The van der Waals surface area contributed by atoms with Crippen molar-refractivity contribution >= 4 is 17.2 Å². The minimum atomic E-state index is 0.856. The summed E-state index contributed by atoms with van der Waals surface area (Å²) in [4.78, 5) is 9.28. The number of nitrogens with zero attached hydrogens (tertiary/aromatic N) is 3. The standard InChI is InChI=1S/C16H20N4/c1-13-5-4-8-16(18-13)20-11-9-19(10-12-20)15-7-3-2-6-14(15)17/h2-8H,9-12,17H2,1H3. The molecule has 0 amide bonds. The van der Waals surface area contributed by atoms with Gasteiger partial charge in [0.25, 0.3) is 0 Å². The van der Waals surface area contributed by atoms with Crippen LogP contribution in [0.2, 0.25) is 0 Å². The summed E-state index contributed by atoms with van der Waals surface area (Å²) in [6, 6.07) is 14.3. The molecule has 1 aliphatic rings. The largest absolute Gasteiger partial charge is 0.397 e. The van der Waals surface area contributed by atoms with Crippen molar-refractivity contribution in [2.75, 3.05) is 41.7 Å². The van der Waals surface area contributed by atoms with Gasteiger partial charge in [0.05, 0.1) is 11.4 Å². The third-order valence-corrected chi connectivity index (χ3v) is 3.75. The van der Waals surface area contributed by atoms with Crippen molar-refractivity contribution in [3.63, 3.8) is 0 Å². The van der Waals surface area contributed by atoms with Crippen LogP contribution in [0.4, 0.5) is 17.2 Å². The molecule has 20 heavy (non-hydrogen) atoms. The molecular formula is C16H20N4. The molecule has 0 bridgehead atoms. The second kappa shape index (κ2) is 5.41. The second-order valence-corrected chi connectivity index (χ2v) is 5.17. The van der Waals surface area contributed by atoms with Gasteiger partial charge < -0.3 is 15.5 Å².